The number of benzene rings is 2. The Morgan fingerprint density at radius 3 is 2.32 bits per heavy atom. The third kappa shape index (κ3) is 5.34. The number of Topliss-reactive ketones (excluding diaryl/α,β-unsaturated/α-hetero) is 1. The largest absolute Gasteiger partial charge is 0.454 e. The van der Waals surface area contributed by atoms with Crippen molar-refractivity contribution in [2.24, 2.45) is 0 Å². The zero-order valence-corrected chi connectivity index (χ0v) is 17.8. The zero-order chi connectivity index (χ0) is 22.6. The van der Waals surface area contributed by atoms with E-state index in [4.69, 9.17) is 4.74 Å². The quantitative estimate of drug-likeness (QED) is 0.470. The van der Waals surface area contributed by atoms with Crippen LogP contribution in [0.5, 0.6) is 0 Å². The highest BCUT2D eigenvalue weighted by Crippen LogP contribution is 2.26. The van der Waals surface area contributed by atoms with Gasteiger partial charge in [0.25, 0.3) is 0 Å². The fourth-order valence-electron chi connectivity index (χ4n) is 3.57. The molecule has 166 valence electrons. The van der Waals surface area contributed by atoms with Crippen LogP contribution >= 0.6 is 0 Å². The van der Waals surface area contributed by atoms with Gasteiger partial charge in [-0.1, -0.05) is 19.3 Å². The highest BCUT2D eigenvalue weighted by atomic mass is 32.2. The number of rotatable bonds is 7. The van der Waals surface area contributed by atoms with E-state index in [1.165, 1.54) is 28.6 Å². The molecular weight excluding hydrogens is 428 g/mol. The molecule has 0 saturated heterocycles. The van der Waals surface area contributed by atoms with E-state index in [0.717, 1.165) is 50.3 Å². The van der Waals surface area contributed by atoms with Gasteiger partial charge >= 0.3 is 5.97 Å². The fraction of sp³-hybridized carbons (Fsp3) is 0.364. The number of hydrogen-bond acceptors (Lipinski definition) is 5. The molecule has 2 aromatic rings. The lowest BCUT2D eigenvalue weighted by Gasteiger charge is -2.30. The number of carbonyl (C=O) groups excluding carboxylic acids is 2. The van der Waals surface area contributed by atoms with E-state index in [1.54, 1.807) is 7.05 Å². The van der Waals surface area contributed by atoms with Gasteiger partial charge in [-0.05, 0) is 55.3 Å². The second kappa shape index (κ2) is 9.65. The zero-order valence-electron chi connectivity index (χ0n) is 17.0. The van der Waals surface area contributed by atoms with Gasteiger partial charge in [-0.3, -0.25) is 4.79 Å². The topological polar surface area (TPSA) is 80.8 Å². The summed E-state index contributed by atoms with van der Waals surface area (Å²) in [5.41, 5.74) is -0.480. The molecule has 0 unspecified atom stereocenters. The summed E-state index contributed by atoms with van der Waals surface area (Å²) in [6.45, 7) is -0.774. The van der Waals surface area contributed by atoms with Crippen molar-refractivity contribution < 1.29 is 31.5 Å². The Morgan fingerprint density at radius 2 is 1.68 bits per heavy atom. The summed E-state index contributed by atoms with van der Waals surface area (Å²) >= 11 is 0. The molecule has 6 nitrogen and oxygen atoms in total. The summed E-state index contributed by atoms with van der Waals surface area (Å²) in [4.78, 5) is 24.2. The molecule has 0 heterocycles. The van der Waals surface area contributed by atoms with Crippen LogP contribution in [-0.2, 0) is 14.8 Å². The number of halogens is 2. The normalized spacial score (nSPS) is 15.1. The molecule has 0 amide bonds. The first-order valence-corrected chi connectivity index (χ1v) is 11.4. The van der Waals surface area contributed by atoms with Crippen molar-refractivity contribution in [3.05, 3.63) is 65.2 Å². The van der Waals surface area contributed by atoms with E-state index in [0.29, 0.717) is 0 Å². The van der Waals surface area contributed by atoms with E-state index in [9.17, 15) is 26.8 Å². The molecule has 0 spiro atoms. The van der Waals surface area contributed by atoms with Crippen LogP contribution in [0.25, 0.3) is 0 Å². The van der Waals surface area contributed by atoms with Crippen molar-refractivity contribution >= 4 is 21.8 Å². The van der Waals surface area contributed by atoms with Gasteiger partial charge in [0, 0.05) is 13.1 Å². The molecule has 1 saturated carbocycles. The number of ketones is 1. The maximum atomic E-state index is 13.6. The average Bonchev–Trinajstić information content (AvgIpc) is 2.79. The maximum absolute atomic E-state index is 13.6. The minimum Gasteiger partial charge on any atom is -0.454 e. The summed E-state index contributed by atoms with van der Waals surface area (Å²) in [7, 11) is -2.14. The number of sulfonamides is 1. The van der Waals surface area contributed by atoms with Crippen molar-refractivity contribution in [3.63, 3.8) is 0 Å². The average molecular weight is 451 g/mol. The number of ether oxygens (including phenoxy) is 1. The van der Waals surface area contributed by atoms with E-state index < -0.39 is 45.6 Å². The Morgan fingerprint density at radius 1 is 1.03 bits per heavy atom. The number of nitrogens with zero attached hydrogens (tertiary/aromatic N) is 1. The molecule has 0 atom stereocenters. The van der Waals surface area contributed by atoms with Gasteiger partial charge in [-0.15, -0.1) is 0 Å². The fourth-order valence-corrected chi connectivity index (χ4v) is 4.99. The molecule has 31 heavy (non-hydrogen) atoms. The van der Waals surface area contributed by atoms with Crippen LogP contribution in [0.3, 0.4) is 0 Å². The van der Waals surface area contributed by atoms with Crippen molar-refractivity contribution in [2.45, 2.75) is 43.0 Å². The maximum Gasteiger partial charge on any atom is 0.338 e. The first-order chi connectivity index (χ1) is 14.7. The molecule has 3 rings (SSSR count). The number of carbonyl (C=O) groups is 2. The number of hydrogen-bond donors (Lipinski definition) is 0. The molecule has 1 aliphatic rings. The van der Waals surface area contributed by atoms with Gasteiger partial charge in [-0.25, -0.2) is 22.0 Å². The predicted octanol–water partition coefficient (Wildman–Crippen LogP) is 3.96. The van der Waals surface area contributed by atoms with Crippen LogP contribution in [0.1, 0.15) is 52.8 Å². The van der Waals surface area contributed by atoms with Gasteiger partial charge in [0.15, 0.2) is 6.61 Å². The van der Waals surface area contributed by atoms with E-state index in [1.807, 2.05) is 0 Å². The van der Waals surface area contributed by atoms with Gasteiger partial charge in [0.2, 0.25) is 15.8 Å². The van der Waals surface area contributed by atoms with Crippen LogP contribution in [0, 0.1) is 11.6 Å². The molecule has 0 N–H and O–H groups in total. The molecule has 0 bridgehead atoms. The molecule has 2 aromatic carbocycles. The van der Waals surface area contributed by atoms with E-state index in [-0.39, 0.29) is 16.5 Å². The number of esters is 1. The minimum absolute atomic E-state index is 0.0341. The van der Waals surface area contributed by atoms with E-state index in [2.05, 4.69) is 0 Å². The Balaban J connectivity index is 1.64. The third-order valence-electron chi connectivity index (χ3n) is 5.42. The summed E-state index contributed by atoms with van der Waals surface area (Å²) in [5.74, 6) is -3.47. The molecule has 9 heteroatoms. The summed E-state index contributed by atoms with van der Waals surface area (Å²) in [5, 5.41) is 0. The van der Waals surface area contributed by atoms with Crippen LogP contribution in [-0.4, -0.2) is 44.2 Å². The molecule has 0 radical (unpaired) electrons. The van der Waals surface area contributed by atoms with Crippen LogP contribution in [0.2, 0.25) is 0 Å². The monoisotopic (exact) mass is 451 g/mol. The smallest absolute Gasteiger partial charge is 0.338 e. The molecule has 0 aromatic heterocycles. The molecule has 0 aliphatic heterocycles. The molecule has 1 fully saturated rings. The van der Waals surface area contributed by atoms with Crippen molar-refractivity contribution in [1.82, 2.24) is 4.31 Å². The lowest BCUT2D eigenvalue weighted by Crippen LogP contribution is -2.38. The first-order valence-electron chi connectivity index (χ1n) is 9.93. The van der Waals surface area contributed by atoms with Crippen molar-refractivity contribution in [2.75, 3.05) is 13.7 Å². The molecular formula is C22H23F2NO5S. The summed E-state index contributed by atoms with van der Waals surface area (Å²) < 4.78 is 58.8. The van der Waals surface area contributed by atoms with E-state index >= 15 is 0 Å². The Hall–Kier alpha value is -2.65. The van der Waals surface area contributed by atoms with Gasteiger partial charge < -0.3 is 4.74 Å². The second-order valence-electron chi connectivity index (χ2n) is 7.46. The Labute approximate surface area is 179 Å². The minimum atomic E-state index is -3.70. The first kappa shape index (κ1) is 23.0. The highest BCUT2D eigenvalue weighted by Gasteiger charge is 2.29. The molecule has 1 aliphatic carbocycles. The lowest BCUT2D eigenvalue weighted by molar-refractivity contribution is 0.0473. The SMILES string of the molecule is CN(C1CCCCC1)S(=O)(=O)c1ccc(C(=O)OCC(=O)c2cc(F)ccc2F)cc1. The van der Waals surface area contributed by atoms with Gasteiger partial charge in [0.1, 0.15) is 11.6 Å². The predicted molar refractivity (Wildman–Crippen MR) is 109 cm³/mol. The third-order valence-corrected chi connectivity index (χ3v) is 7.34. The standard InChI is InChI=1S/C22H23F2NO5S/c1-25(17-5-3-2-4-6-17)31(28,29)18-10-7-15(8-11-18)22(27)30-14-21(26)19-13-16(23)9-12-20(19)24/h7-13,17H,2-6,14H2,1H3. The van der Waals surface area contributed by atoms with Crippen LogP contribution < -0.4 is 0 Å². The van der Waals surface area contributed by atoms with Crippen LogP contribution in [0.4, 0.5) is 8.78 Å². The Bertz CT molecular complexity index is 1060. The van der Waals surface area contributed by atoms with Crippen molar-refractivity contribution in [1.29, 1.82) is 0 Å². The van der Waals surface area contributed by atoms with Crippen LogP contribution in [0.15, 0.2) is 47.4 Å². The highest BCUT2D eigenvalue weighted by molar-refractivity contribution is 7.89. The summed E-state index contributed by atoms with van der Waals surface area (Å²) in [6.07, 6.45) is 4.73. The summed E-state index contributed by atoms with van der Waals surface area (Å²) in [6, 6.07) is 7.56. The van der Waals surface area contributed by atoms with Gasteiger partial charge in [0.05, 0.1) is 16.0 Å². The lowest BCUT2D eigenvalue weighted by atomic mass is 9.96. The Kier molecular flexibility index (Phi) is 7.17. The van der Waals surface area contributed by atoms with Gasteiger partial charge in [-0.2, -0.15) is 4.31 Å². The van der Waals surface area contributed by atoms with Crippen molar-refractivity contribution in [3.8, 4) is 0 Å². The second-order valence-corrected chi connectivity index (χ2v) is 9.46.